The van der Waals surface area contributed by atoms with Crippen LogP contribution in [0.1, 0.15) is 12.8 Å². The molecule has 1 fully saturated rings. The lowest BCUT2D eigenvalue weighted by Crippen LogP contribution is -2.31. The molecule has 4 nitrogen and oxygen atoms in total. The van der Waals surface area contributed by atoms with Gasteiger partial charge in [0.15, 0.2) is 0 Å². The smallest absolute Gasteiger partial charge is 0.323 e. The molecule has 0 unspecified atom stereocenters. The van der Waals surface area contributed by atoms with E-state index in [1.54, 1.807) is 0 Å². The van der Waals surface area contributed by atoms with E-state index in [1.807, 2.05) is 0 Å². The van der Waals surface area contributed by atoms with Crippen molar-refractivity contribution in [3.63, 3.8) is 0 Å². The Bertz CT molecular complexity index is 108. The summed E-state index contributed by atoms with van der Waals surface area (Å²) in [4.78, 5) is 9.96. The quantitative estimate of drug-likeness (QED) is 0.451. The van der Waals surface area contributed by atoms with Crippen LogP contribution in [0.5, 0.6) is 0 Å². The maximum atomic E-state index is 9.96. The Kier molecular flexibility index (Phi) is 1.59. The SMILES string of the molecule is NC1(C(=O)O)CC1.O. The molecule has 0 aromatic carbocycles. The van der Waals surface area contributed by atoms with Crippen molar-refractivity contribution < 1.29 is 15.4 Å². The van der Waals surface area contributed by atoms with Crippen LogP contribution in [-0.2, 0) is 4.79 Å². The van der Waals surface area contributed by atoms with Gasteiger partial charge in [0.1, 0.15) is 5.54 Å². The van der Waals surface area contributed by atoms with Crippen LogP contribution < -0.4 is 5.73 Å². The lowest BCUT2D eigenvalue weighted by molar-refractivity contribution is -0.139. The summed E-state index contributed by atoms with van der Waals surface area (Å²) < 4.78 is 0. The molecule has 8 heavy (non-hydrogen) atoms. The van der Waals surface area contributed by atoms with Crippen LogP contribution in [0.2, 0.25) is 0 Å². The third-order valence-corrected chi connectivity index (χ3v) is 1.21. The Balaban J connectivity index is 0.000000490. The van der Waals surface area contributed by atoms with Gasteiger partial charge in [0.25, 0.3) is 0 Å². The molecule has 1 aliphatic carbocycles. The van der Waals surface area contributed by atoms with Crippen molar-refractivity contribution in [2.45, 2.75) is 18.4 Å². The Labute approximate surface area is 46.6 Å². The number of nitrogens with two attached hydrogens (primary N) is 1. The highest BCUT2D eigenvalue weighted by atomic mass is 16.4. The molecule has 0 bridgehead atoms. The predicted molar refractivity (Wildman–Crippen MR) is 27.4 cm³/mol. The van der Waals surface area contributed by atoms with Gasteiger partial charge in [0, 0.05) is 0 Å². The van der Waals surface area contributed by atoms with Crippen LogP contribution in [0.4, 0.5) is 0 Å². The molecule has 0 amide bonds. The topological polar surface area (TPSA) is 94.8 Å². The van der Waals surface area contributed by atoms with Crippen molar-refractivity contribution in [2.75, 3.05) is 0 Å². The van der Waals surface area contributed by atoms with Gasteiger partial charge in [0.2, 0.25) is 0 Å². The van der Waals surface area contributed by atoms with Gasteiger partial charge in [-0.25, -0.2) is 0 Å². The fourth-order valence-electron chi connectivity index (χ4n) is 0.349. The molecule has 0 heterocycles. The second-order valence-electron chi connectivity index (χ2n) is 1.96. The van der Waals surface area contributed by atoms with Gasteiger partial charge in [-0.05, 0) is 12.8 Å². The minimum Gasteiger partial charge on any atom is -0.480 e. The molecule has 0 aromatic rings. The molecule has 0 aromatic heterocycles. The van der Waals surface area contributed by atoms with Crippen molar-refractivity contribution >= 4 is 5.97 Å². The molecule has 0 spiro atoms. The maximum absolute atomic E-state index is 9.96. The first kappa shape index (κ1) is 7.39. The molecule has 0 saturated heterocycles. The summed E-state index contributed by atoms with van der Waals surface area (Å²) >= 11 is 0. The van der Waals surface area contributed by atoms with Crippen LogP contribution in [0.3, 0.4) is 0 Å². The number of hydrogen-bond acceptors (Lipinski definition) is 2. The average Bonchev–Trinajstić information content (AvgIpc) is 2.21. The third kappa shape index (κ3) is 0.962. The Hall–Kier alpha value is -0.610. The summed E-state index contributed by atoms with van der Waals surface area (Å²) in [7, 11) is 0. The number of carboxylic acid groups (broad SMARTS) is 1. The monoisotopic (exact) mass is 119 g/mol. The van der Waals surface area contributed by atoms with Gasteiger partial charge in [0.05, 0.1) is 0 Å². The molecule has 0 radical (unpaired) electrons. The van der Waals surface area contributed by atoms with E-state index >= 15 is 0 Å². The molecule has 1 rings (SSSR count). The lowest BCUT2D eigenvalue weighted by Gasteiger charge is -1.95. The fraction of sp³-hybridized carbons (Fsp3) is 0.750. The van der Waals surface area contributed by atoms with Gasteiger partial charge in [-0.2, -0.15) is 0 Å². The Morgan fingerprint density at radius 1 is 1.62 bits per heavy atom. The van der Waals surface area contributed by atoms with Crippen LogP contribution in [0, 0.1) is 0 Å². The number of carbonyl (C=O) groups is 1. The van der Waals surface area contributed by atoms with E-state index in [-0.39, 0.29) is 5.48 Å². The van der Waals surface area contributed by atoms with Crippen molar-refractivity contribution in [3.05, 3.63) is 0 Å². The minimum absolute atomic E-state index is 0. The molecule has 1 saturated carbocycles. The third-order valence-electron chi connectivity index (χ3n) is 1.21. The van der Waals surface area contributed by atoms with E-state index in [4.69, 9.17) is 10.8 Å². The molecule has 4 heteroatoms. The highest BCUT2D eigenvalue weighted by Crippen LogP contribution is 2.31. The predicted octanol–water partition coefficient (Wildman–Crippen LogP) is -1.26. The van der Waals surface area contributed by atoms with Crippen LogP contribution in [-0.4, -0.2) is 22.1 Å². The largest absolute Gasteiger partial charge is 0.480 e. The molecular formula is C4H9NO3. The van der Waals surface area contributed by atoms with E-state index < -0.39 is 11.5 Å². The summed E-state index contributed by atoms with van der Waals surface area (Å²) in [5.74, 6) is -0.868. The summed E-state index contributed by atoms with van der Waals surface area (Å²) in [6.07, 6.45) is 1.28. The van der Waals surface area contributed by atoms with Crippen LogP contribution >= 0.6 is 0 Å². The Morgan fingerprint density at radius 3 is 2.00 bits per heavy atom. The first-order valence-electron chi connectivity index (χ1n) is 2.17. The number of aliphatic carboxylic acids is 1. The second-order valence-corrected chi connectivity index (χ2v) is 1.96. The van der Waals surface area contributed by atoms with Crippen molar-refractivity contribution in [1.82, 2.24) is 0 Å². The molecule has 5 N–H and O–H groups in total. The van der Waals surface area contributed by atoms with Crippen molar-refractivity contribution in [3.8, 4) is 0 Å². The number of carboxylic acids is 1. The summed E-state index contributed by atoms with van der Waals surface area (Å²) in [6, 6.07) is 0. The number of hydrogen-bond donors (Lipinski definition) is 2. The van der Waals surface area contributed by atoms with E-state index in [9.17, 15) is 4.79 Å². The van der Waals surface area contributed by atoms with Gasteiger partial charge < -0.3 is 16.3 Å². The van der Waals surface area contributed by atoms with Crippen LogP contribution in [0.15, 0.2) is 0 Å². The highest BCUT2D eigenvalue weighted by molar-refractivity contribution is 5.81. The standard InChI is InChI=1S/C4H7NO2.H2O/c5-4(1-2-4)3(6)7;/h1-2,5H2,(H,6,7);1H2. The highest BCUT2D eigenvalue weighted by Gasteiger charge is 2.46. The van der Waals surface area contributed by atoms with E-state index in [0.717, 1.165) is 0 Å². The van der Waals surface area contributed by atoms with Crippen molar-refractivity contribution in [1.29, 1.82) is 0 Å². The average molecular weight is 119 g/mol. The second kappa shape index (κ2) is 1.72. The molecule has 48 valence electrons. The van der Waals surface area contributed by atoms with Gasteiger partial charge in [-0.15, -0.1) is 0 Å². The van der Waals surface area contributed by atoms with Gasteiger partial charge in [-0.1, -0.05) is 0 Å². The maximum Gasteiger partial charge on any atom is 0.323 e. The minimum atomic E-state index is -0.868. The normalized spacial score (nSPS) is 21.1. The molecule has 0 aliphatic heterocycles. The summed E-state index contributed by atoms with van der Waals surface area (Å²) in [5.41, 5.74) is 4.36. The lowest BCUT2D eigenvalue weighted by atomic mass is 10.3. The first-order valence-corrected chi connectivity index (χ1v) is 2.17. The molecule has 0 atom stereocenters. The fourth-order valence-corrected chi connectivity index (χ4v) is 0.349. The van der Waals surface area contributed by atoms with Crippen molar-refractivity contribution in [2.24, 2.45) is 5.73 Å². The van der Waals surface area contributed by atoms with Gasteiger partial charge >= 0.3 is 5.97 Å². The van der Waals surface area contributed by atoms with Crippen LogP contribution in [0.25, 0.3) is 0 Å². The zero-order chi connectivity index (χ0) is 5.49. The molecule has 1 aliphatic rings. The molecular weight excluding hydrogens is 110 g/mol. The zero-order valence-electron chi connectivity index (χ0n) is 4.35. The van der Waals surface area contributed by atoms with E-state index in [1.165, 1.54) is 0 Å². The number of rotatable bonds is 1. The summed E-state index contributed by atoms with van der Waals surface area (Å²) in [5, 5.41) is 8.19. The van der Waals surface area contributed by atoms with E-state index in [0.29, 0.717) is 12.8 Å². The first-order chi connectivity index (χ1) is 3.15. The van der Waals surface area contributed by atoms with E-state index in [2.05, 4.69) is 0 Å². The zero-order valence-corrected chi connectivity index (χ0v) is 4.35. The summed E-state index contributed by atoms with van der Waals surface area (Å²) in [6.45, 7) is 0. The van der Waals surface area contributed by atoms with Gasteiger partial charge in [-0.3, -0.25) is 4.79 Å². The Morgan fingerprint density at radius 2 is 2.00 bits per heavy atom.